The summed E-state index contributed by atoms with van der Waals surface area (Å²) in [5, 5.41) is 0.717. The van der Waals surface area contributed by atoms with Gasteiger partial charge < -0.3 is 4.90 Å². The molecule has 1 amide bonds. The lowest BCUT2D eigenvalue weighted by molar-refractivity contribution is 0.0741. The number of halogens is 1. The van der Waals surface area contributed by atoms with Gasteiger partial charge in [0, 0.05) is 25.0 Å². The van der Waals surface area contributed by atoms with Crippen LogP contribution in [-0.4, -0.2) is 28.9 Å². The van der Waals surface area contributed by atoms with Gasteiger partial charge in [-0.2, -0.15) is 0 Å². The van der Waals surface area contributed by atoms with Crippen molar-refractivity contribution in [2.45, 2.75) is 31.6 Å². The average Bonchev–Trinajstić information content (AvgIpc) is 2.58. The summed E-state index contributed by atoms with van der Waals surface area (Å²) >= 11 is 1.50. The summed E-state index contributed by atoms with van der Waals surface area (Å²) in [7, 11) is 0. The van der Waals surface area contributed by atoms with Crippen molar-refractivity contribution in [1.29, 1.82) is 0 Å². The van der Waals surface area contributed by atoms with Crippen molar-refractivity contribution in [2.75, 3.05) is 13.1 Å². The van der Waals surface area contributed by atoms with Crippen LogP contribution in [0.2, 0.25) is 0 Å². The molecule has 0 radical (unpaired) electrons. The number of amides is 1. The van der Waals surface area contributed by atoms with Crippen molar-refractivity contribution in [3.63, 3.8) is 0 Å². The topological polar surface area (TPSA) is 33.2 Å². The van der Waals surface area contributed by atoms with E-state index in [2.05, 4.69) is 18.8 Å². The van der Waals surface area contributed by atoms with Crippen LogP contribution < -0.4 is 0 Å². The van der Waals surface area contributed by atoms with Crippen LogP contribution >= 0.6 is 11.8 Å². The smallest absolute Gasteiger partial charge is 0.256 e. The molecule has 24 heavy (non-hydrogen) atoms. The third-order valence-electron chi connectivity index (χ3n) is 3.54. The first-order valence-electron chi connectivity index (χ1n) is 8.12. The second kappa shape index (κ2) is 8.83. The number of aromatic nitrogens is 1. The highest BCUT2D eigenvalue weighted by Crippen LogP contribution is 2.25. The number of carbonyl (C=O) groups excluding carboxylic acids is 1. The minimum atomic E-state index is -0.246. The predicted molar refractivity (Wildman–Crippen MR) is 96.6 cm³/mol. The first-order chi connectivity index (χ1) is 11.5. The van der Waals surface area contributed by atoms with Crippen molar-refractivity contribution in [3.05, 3.63) is 59.5 Å². The summed E-state index contributed by atoms with van der Waals surface area (Å²) < 4.78 is 13.0. The standard InChI is InChI=1S/C19H23FN2OS/c1-4-22(12-14(2)3)19(23)17-6-5-11-21-18(17)24-13-15-7-9-16(20)10-8-15/h5-11,14H,4,12-13H2,1-3H3. The normalized spacial score (nSPS) is 10.9. The Morgan fingerprint density at radius 2 is 1.96 bits per heavy atom. The molecule has 2 aromatic rings. The monoisotopic (exact) mass is 346 g/mol. The van der Waals surface area contributed by atoms with Gasteiger partial charge in [-0.25, -0.2) is 9.37 Å². The molecule has 0 aliphatic carbocycles. The van der Waals surface area contributed by atoms with E-state index < -0.39 is 0 Å². The Hall–Kier alpha value is -1.88. The lowest BCUT2D eigenvalue weighted by atomic mass is 10.2. The second-order valence-electron chi connectivity index (χ2n) is 6.01. The third-order valence-corrected chi connectivity index (χ3v) is 4.62. The first-order valence-corrected chi connectivity index (χ1v) is 9.11. The van der Waals surface area contributed by atoms with Gasteiger partial charge >= 0.3 is 0 Å². The van der Waals surface area contributed by atoms with Crippen LogP contribution in [-0.2, 0) is 5.75 Å². The van der Waals surface area contributed by atoms with Crippen LogP contribution in [0.1, 0.15) is 36.7 Å². The zero-order valence-electron chi connectivity index (χ0n) is 14.3. The molecular weight excluding hydrogens is 323 g/mol. The van der Waals surface area contributed by atoms with E-state index in [0.29, 0.717) is 28.8 Å². The molecule has 0 saturated carbocycles. The van der Waals surface area contributed by atoms with Crippen molar-refractivity contribution in [2.24, 2.45) is 5.92 Å². The summed E-state index contributed by atoms with van der Waals surface area (Å²) in [5.74, 6) is 0.833. The van der Waals surface area contributed by atoms with Gasteiger partial charge in [0.1, 0.15) is 10.8 Å². The number of rotatable bonds is 7. The molecule has 0 aliphatic heterocycles. The van der Waals surface area contributed by atoms with E-state index in [4.69, 9.17) is 0 Å². The molecule has 0 aliphatic rings. The first kappa shape index (κ1) is 18.5. The van der Waals surface area contributed by atoms with Crippen LogP contribution in [0, 0.1) is 11.7 Å². The maximum absolute atomic E-state index is 13.0. The molecule has 0 saturated heterocycles. The Labute approximate surface area is 147 Å². The number of benzene rings is 1. The van der Waals surface area contributed by atoms with E-state index >= 15 is 0 Å². The van der Waals surface area contributed by atoms with E-state index in [1.807, 2.05) is 17.9 Å². The Morgan fingerprint density at radius 3 is 2.58 bits per heavy atom. The third kappa shape index (κ3) is 5.06. The molecule has 3 nitrogen and oxygen atoms in total. The van der Waals surface area contributed by atoms with E-state index in [0.717, 1.165) is 12.1 Å². The minimum Gasteiger partial charge on any atom is -0.339 e. The van der Waals surface area contributed by atoms with Gasteiger partial charge in [0.15, 0.2) is 0 Å². The largest absolute Gasteiger partial charge is 0.339 e. The summed E-state index contributed by atoms with van der Waals surface area (Å²) in [6.45, 7) is 7.59. The molecular formula is C19H23FN2OS. The summed E-state index contributed by atoms with van der Waals surface area (Å²) in [4.78, 5) is 19.0. The molecule has 0 atom stereocenters. The molecule has 5 heteroatoms. The molecule has 0 fully saturated rings. The van der Waals surface area contributed by atoms with Crippen LogP contribution in [0.25, 0.3) is 0 Å². The van der Waals surface area contributed by atoms with Gasteiger partial charge in [0.05, 0.1) is 5.56 Å². The number of thioether (sulfide) groups is 1. The average molecular weight is 346 g/mol. The van der Waals surface area contributed by atoms with E-state index in [9.17, 15) is 9.18 Å². The number of carbonyl (C=O) groups is 1. The minimum absolute atomic E-state index is 0.0147. The summed E-state index contributed by atoms with van der Waals surface area (Å²) in [6, 6.07) is 10.0. The SMILES string of the molecule is CCN(CC(C)C)C(=O)c1cccnc1SCc1ccc(F)cc1. The van der Waals surface area contributed by atoms with Gasteiger partial charge in [-0.05, 0) is 42.7 Å². The Kier molecular flexibility index (Phi) is 6.79. The molecule has 128 valence electrons. The van der Waals surface area contributed by atoms with Crippen molar-refractivity contribution in [3.8, 4) is 0 Å². The lowest BCUT2D eigenvalue weighted by Crippen LogP contribution is -2.34. The fourth-order valence-electron chi connectivity index (χ4n) is 2.37. The second-order valence-corrected chi connectivity index (χ2v) is 6.97. The highest BCUT2D eigenvalue weighted by molar-refractivity contribution is 7.98. The van der Waals surface area contributed by atoms with Crippen molar-refractivity contribution >= 4 is 17.7 Å². The zero-order valence-corrected chi connectivity index (χ0v) is 15.1. The van der Waals surface area contributed by atoms with Crippen LogP contribution in [0.5, 0.6) is 0 Å². The quantitative estimate of drug-likeness (QED) is 0.685. The number of hydrogen-bond acceptors (Lipinski definition) is 3. The van der Waals surface area contributed by atoms with Gasteiger partial charge in [0.25, 0.3) is 5.91 Å². The number of hydrogen-bond donors (Lipinski definition) is 0. The molecule has 0 spiro atoms. The highest BCUT2D eigenvalue weighted by atomic mass is 32.2. The maximum Gasteiger partial charge on any atom is 0.256 e. The van der Waals surface area contributed by atoms with Crippen LogP contribution in [0.15, 0.2) is 47.6 Å². The van der Waals surface area contributed by atoms with Gasteiger partial charge in [0.2, 0.25) is 0 Å². The molecule has 2 rings (SSSR count). The molecule has 0 bridgehead atoms. The molecule has 1 aromatic heterocycles. The maximum atomic E-state index is 13.0. The molecule has 0 unspecified atom stereocenters. The van der Waals surface area contributed by atoms with Gasteiger partial charge in [-0.15, -0.1) is 11.8 Å². The molecule has 1 heterocycles. The van der Waals surface area contributed by atoms with Gasteiger partial charge in [-0.1, -0.05) is 26.0 Å². The van der Waals surface area contributed by atoms with Gasteiger partial charge in [-0.3, -0.25) is 4.79 Å². The van der Waals surface area contributed by atoms with E-state index in [-0.39, 0.29) is 11.7 Å². The Morgan fingerprint density at radius 1 is 1.25 bits per heavy atom. The summed E-state index contributed by atoms with van der Waals surface area (Å²) in [5.41, 5.74) is 1.63. The summed E-state index contributed by atoms with van der Waals surface area (Å²) in [6.07, 6.45) is 1.70. The van der Waals surface area contributed by atoms with Crippen molar-refractivity contribution in [1.82, 2.24) is 9.88 Å². The molecule has 0 N–H and O–H groups in total. The molecule has 1 aromatic carbocycles. The Bertz CT molecular complexity index is 673. The van der Waals surface area contributed by atoms with E-state index in [1.54, 1.807) is 24.4 Å². The fourth-order valence-corrected chi connectivity index (χ4v) is 3.31. The lowest BCUT2D eigenvalue weighted by Gasteiger charge is -2.23. The fraction of sp³-hybridized carbons (Fsp3) is 0.368. The Balaban J connectivity index is 2.14. The highest BCUT2D eigenvalue weighted by Gasteiger charge is 2.19. The van der Waals surface area contributed by atoms with Crippen LogP contribution in [0.3, 0.4) is 0 Å². The van der Waals surface area contributed by atoms with Crippen LogP contribution in [0.4, 0.5) is 4.39 Å². The number of nitrogens with zero attached hydrogens (tertiary/aromatic N) is 2. The predicted octanol–water partition coefficient (Wildman–Crippen LogP) is 4.63. The zero-order chi connectivity index (χ0) is 17.5. The van der Waals surface area contributed by atoms with E-state index in [1.165, 1.54) is 23.9 Å². The number of pyridine rings is 1. The van der Waals surface area contributed by atoms with Crippen molar-refractivity contribution < 1.29 is 9.18 Å².